The van der Waals surface area contributed by atoms with Gasteiger partial charge in [0.15, 0.2) is 5.69 Å². The molecule has 1 heterocycles. The average Bonchev–Trinajstić information content (AvgIpc) is 3.02. The summed E-state index contributed by atoms with van der Waals surface area (Å²) in [4.78, 5) is 12.0. The molecule has 0 aliphatic rings. The number of halogens is 1. The second-order valence-electron chi connectivity index (χ2n) is 5.69. The van der Waals surface area contributed by atoms with E-state index in [2.05, 4.69) is 0 Å². The fourth-order valence-corrected chi connectivity index (χ4v) is 2.61. The van der Waals surface area contributed by atoms with Gasteiger partial charge in [0.25, 0.3) is 0 Å². The van der Waals surface area contributed by atoms with Gasteiger partial charge in [0.2, 0.25) is 0 Å². The van der Waals surface area contributed by atoms with E-state index in [4.69, 9.17) is 20.5 Å². The number of nitrogens with two attached hydrogens (primary N) is 1. The number of methoxy groups -OCH3 is 1. The highest BCUT2D eigenvalue weighted by atomic mass is 19.1. The topological polar surface area (TPSA) is 90.3 Å². The molecule has 0 aliphatic heterocycles. The van der Waals surface area contributed by atoms with E-state index >= 15 is 0 Å². The van der Waals surface area contributed by atoms with Crippen LogP contribution in [0.2, 0.25) is 0 Å². The zero-order valence-corrected chi connectivity index (χ0v) is 14.5. The molecule has 0 spiro atoms. The summed E-state index contributed by atoms with van der Waals surface area (Å²) in [6.45, 7) is 0.222. The standard InChI is InChI=1S/C20H16FN3O3/c1-26-20(25)19-18(23)14(10-22)11-24(19)16-5-7-17(8-6-16)27-12-13-3-2-4-15(21)9-13/h2-9,11H,12,23H2,1H3. The zero-order valence-electron chi connectivity index (χ0n) is 14.5. The molecule has 0 fully saturated rings. The van der Waals surface area contributed by atoms with Crippen LogP contribution in [-0.4, -0.2) is 17.6 Å². The Bertz CT molecular complexity index is 1020. The van der Waals surface area contributed by atoms with Gasteiger partial charge >= 0.3 is 5.97 Å². The molecule has 0 saturated carbocycles. The lowest BCUT2D eigenvalue weighted by Crippen LogP contribution is -2.11. The molecule has 2 N–H and O–H groups in total. The highest BCUT2D eigenvalue weighted by molar-refractivity contribution is 5.95. The normalized spacial score (nSPS) is 10.3. The minimum atomic E-state index is -0.638. The van der Waals surface area contributed by atoms with Crippen molar-refractivity contribution in [3.05, 3.63) is 77.4 Å². The van der Waals surface area contributed by atoms with E-state index in [0.29, 0.717) is 17.0 Å². The maximum atomic E-state index is 13.2. The molecule has 1 aromatic heterocycles. The highest BCUT2D eigenvalue weighted by Crippen LogP contribution is 2.26. The Hall–Kier alpha value is -3.79. The minimum Gasteiger partial charge on any atom is -0.489 e. The van der Waals surface area contributed by atoms with Crippen molar-refractivity contribution in [3.8, 4) is 17.5 Å². The number of hydrogen-bond donors (Lipinski definition) is 1. The second kappa shape index (κ2) is 7.62. The number of aromatic nitrogens is 1. The first kappa shape index (κ1) is 18.0. The Morgan fingerprint density at radius 3 is 2.63 bits per heavy atom. The van der Waals surface area contributed by atoms with E-state index in [9.17, 15) is 9.18 Å². The molecule has 3 aromatic rings. The fraction of sp³-hybridized carbons (Fsp3) is 0.100. The number of benzene rings is 2. The van der Waals surface area contributed by atoms with Crippen molar-refractivity contribution in [3.63, 3.8) is 0 Å². The lowest BCUT2D eigenvalue weighted by atomic mass is 10.2. The first-order chi connectivity index (χ1) is 13.0. The van der Waals surface area contributed by atoms with Crippen molar-refractivity contribution in [2.24, 2.45) is 0 Å². The van der Waals surface area contributed by atoms with E-state index in [-0.39, 0.29) is 29.4 Å². The van der Waals surface area contributed by atoms with E-state index in [1.54, 1.807) is 36.4 Å². The van der Waals surface area contributed by atoms with Crippen LogP contribution >= 0.6 is 0 Å². The SMILES string of the molecule is COC(=O)c1c(N)c(C#N)cn1-c1ccc(OCc2cccc(F)c2)cc1. The van der Waals surface area contributed by atoms with Gasteiger partial charge in [0.05, 0.1) is 18.4 Å². The predicted octanol–water partition coefficient (Wildman–Crippen LogP) is 3.44. The monoisotopic (exact) mass is 365 g/mol. The van der Waals surface area contributed by atoms with Crippen LogP contribution in [0.3, 0.4) is 0 Å². The molecule has 0 bridgehead atoms. The molecule has 0 amide bonds. The third-order valence-electron chi connectivity index (χ3n) is 3.95. The summed E-state index contributed by atoms with van der Waals surface area (Å²) in [7, 11) is 1.24. The molecule has 0 aliphatic carbocycles. The third-order valence-corrected chi connectivity index (χ3v) is 3.95. The van der Waals surface area contributed by atoms with Gasteiger partial charge in [-0.2, -0.15) is 5.26 Å². The van der Waals surface area contributed by atoms with Crippen LogP contribution < -0.4 is 10.5 Å². The van der Waals surface area contributed by atoms with Crippen LogP contribution in [0.25, 0.3) is 5.69 Å². The van der Waals surface area contributed by atoms with Gasteiger partial charge in [0.1, 0.15) is 24.2 Å². The van der Waals surface area contributed by atoms with Crippen LogP contribution in [0.5, 0.6) is 5.75 Å². The van der Waals surface area contributed by atoms with E-state index in [0.717, 1.165) is 0 Å². The maximum Gasteiger partial charge on any atom is 0.357 e. The smallest absolute Gasteiger partial charge is 0.357 e. The molecule has 6 nitrogen and oxygen atoms in total. The fourth-order valence-electron chi connectivity index (χ4n) is 2.61. The van der Waals surface area contributed by atoms with Crippen LogP contribution in [-0.2, 0) is 11.3 Å². The van der Waals surface area contributed by atoms with Crippen molar-refractivity contribution in [1.29, 1.82) is 5.26 Å². The van der Waals surface area contributed by atoms with Crippen LogP contribution in [0.15, 0.2) is 54.7 Å². The zero-order chi connectivity index (χ0) is 19.4. The number of anilines is 1. The number of ether oxygens (including phenoxy) is 2. The van der Waals surface area contributed by atoms with Gasteiger partial charge in [0, 0.05) is 11.9 Å². The first-order valence-electron chi connectivity index (χ1n) is 8.00. The van der Waals surface area contributed by atoms with E-state index in [1.165, 1.54) is 30.0 Å². The third kappa shape index (κ3) is 3.75. The Morgan fingerprint density at radius 2 is 2.00 bits per heavy atom. The Kier molecular flexibility index (Phi) is 5.08. The van der Waals surface area contributed by atoms with Crippen LogP contribution in [0.4, 0.5) is 10.1 Å². The minimum absolute atomic E-state index is 0.0655. The summed E-state index contributed by atoms with van der Waals surface area (Å²) in [5, 5.41) is 9.16. The molecule has 0 saturated heterocycles. The summed E-state index contributed by atoms with van der Waals surface area (Å²) in [5.74, 6) is -0.385. The number of nitriles is 1. The van der Waals surface area contributed by atoms with Gasteiger partial charge in [-0.05, 0) is 42.0 Å². The summed E-state index contributed by atoms with van der Waals surface area (Å²) in [6, 6.07) is 15.0. The summed E-state index contributed by atoms with van der Waals surface area (Å²) < 4.78 is 25.1. The van der Waals surface area contributed by atoms with Gasteiger partial charge in [-0.25, -0.2) is 9.18 Å². The Morgan fingerprint density at radius 1 is 1.26 bits per heavy atom. The van der Waals surface area contributed by atoms with Gasteiger partial charge in [-0.3, -0.25) is 0 Å². The molecule has 3 rings (SSSR count). The summed E-state index contributed by atoms with van der Waals surface area (Å²) >= 11 is 0. The molecular formula is C20H16FN3O3. The number of hydrogen-bond acceptors (Lipinski definition) is 5. The average molecular weight is 365 g/mol. The quantitative estimate of drug-likeness (QED) is 0.700. The number of esters is 1. The number of carbonyl (C=O) groups is 1. The van der Waals surface area contributed by atoms with Crippen molar-refractivity contribution >= 4 is 11.7 Å². The Balaban J connectivity index is 1.83. The van der Waals surface area contributed by atoms with Crippen molar-refractivity contribution < 1.29 is 18.7 Å². The number of nitrogen functional groups attached to an aromatic ring is 1. The molecule has 0 radical (unpaired) electrons. The van der Waals surface area contributed by atoms with Crippen molar-refractivity contribution in [2.75, 3.05) is 12.8 Å². The summed E-state index contributed by atoms with van der Waals surface area (Å²) in [5.41, 5.74) is 7.54. The molecule has 136 valence electrons. The van der Waals surface area contributed by atoms with Crippen molar-refractivity contribution in [2.45, 2.75) is 6.61 Å². The second-order valence-corrected chi connectivity index (χ2v) is 5.69. The molecule has 7 heteroatoms. The Labute approximate surface area is 155 Å². The molecular weight excluding hydrogens is 349 g/mol. The van der Waals surface area contributed by atoms with Gasteiger partial charge in [-0.1, -0.05) is 12.1 Å². The van der Waals surface area contributed by atoms with Gasteiger partial charge in [-0.15, -0.1) is 0 Å². The number of rotatable bonds is 5. The molecule has 27 heavy (non-hydrogen) atoms. The van der Waals surface area contributed by atoms with Crippen LogP contribution in [0.1, 0.15) is 21.6 Å². The number of carbonyl (C=O) groups excluding carboxylic acids is 1. The van der Waals surface area contributed by atoms with Gasteiger partial charge < -0.3 is 19.8 Å². The van der Waals surface area contributed by atoms with Crippen LogP contribution in [0, 0.1) is 17.1 Å². The largest absolute Gasteiger partial charge is 0.489 e. The predicted molar refractivity (Wildman–Crippen MR) is 97.0 cm³/mol. The summed E-state index contributed by atoms with van der Waals surface area (Å²) in [6.07, 6.45) is 1.48. The highest BCUT2D eigenvalue weighted by Gasteiger charge is 2.21. The lowest BCUT2D eigenvalue weighted by molar-refractivity contribution is 0.0593. The molecule has 0 atom stereocenters. The van der Waals surface area contributed by atoms with E-state index < -0.39 is 5.97 Å². The first-order valence-corrected chi connectivity index (χ1v) is 8.00. The van der Waals surface area contributed by atoms with Crippen molar-refractivity contribution in [1.82, 2.24) is 4.57 Å². The lowest BCUT2D eigenvalue weighted by Gasteiger charge is -2.10. The van der Waals surface area contributed by atoms with E-state index in [1.807, 2.05) is 6.07 Å². The number of nitrogens with zero attached hydrogens (tertiary/aromatic N) is 2. The molecule has 0 unspecified atom stereocenters. The molecule has 2 aromatic carbocycles. The maximum absolute atomic E-state index is 13.2.